The number of carbonyl (C=O) groups is 1. The van der Waals surface area contributed by atoms with E-state index >= 15 is 0 Å². The molecule has 0 bridgehead atoms. The number of rotatable bonds is 4. The van der Waals surface area contributed by atoms with Crippen LogP contribution in [-0.4, -0.2) is 28.2 Å². The van der Waals surface area contributed by atoms with Crippen LogP contribution in [0.3, 0.4) is 0 Å². The van der Waals surface area contributed by atoms with Crippen molar-refractivity contribution in [3.05, 3.63) is 65.9 Å². The molecule has 6 heteroatoms. The van der Waals surface area contributed by atoms with Crippen LogP contribution in [-0.2, 0) is 4.74 Å². The molecule has 3 rings (SSSR count). The van der Waals surface area contributed by atoms with Crippen LogP contribution < -0.4 is 4.74 Å². The number of aromatic nitrogens is 2. The number of para-hydroxylation sites is 1. The zero-order valence-corrected chi connectivity index (χ0v) is 13.8. The lowest BCUT2D eigenvalue weighted by atomic mass is 10.2. The third-order valence-corrected chi connectivity index (χ3v) is 3.47. The summed E-state index contributed by atoms with van der Waals surface area (Å²) in [6.45, 7) is 1.82. The number of phenols is 1. The standard InChI is InChI=1S/C19H16N2O4/c1-12-11-17(21-18(20-12)15-5-3-4-6-16(15)22)25-14-9-7-13(8-10-14)19(23)24-2/h3-11,22H,1-2H3. The third kappa shape index (κ3) is 3.74. The molecule has 0 atom stereocenters. The molecule has 3 aromatic rings. The minimum atomic E-state index is -0.411. The highest BCUT2D eigenvalue weighted by atomic mass is 16.5. The van der Waals surface area contributed by atoms with Crippen LogP contribution in [0.4, 0.5) is 0 Å². The Kier molecular flexibility index (Phi) is 4.61. The number of ether oxygens (including phenoxy) is 2. The van der Waals surface area contributed by atoms with Crippen molar-refractivity contribution in [2.75, 3.05) is 7.11 Å². The van der Waals surface area contributed by atoms with Crippen molar-refractivity contribution in [3.8, 4) is 28.8 Å². The molecule has 1 N–H and O–H groups in total. The fraction of sp³-hybridized carbons (Fsp3) is 0.105. The first kappa shape index (κ1) is 16.4. The summed E-state index contributed by atoms with van der Waals surface area (Å²) >= 11 is 0. The predicted molar refractivity (Wildman–Crippen MR) is 91.7 cm³/mol. The van der Waals surface area contributed by atoms with Gasteiger partial charge in [0.2, 0.25) is 5.88 Å². The molecule has 1 aromatic heterocycles. The maximum atomic E-state index is 11.5. The first-order chi connectivity index (χ1) is 12.1. The Morgan fingerprint density at radius 3 is 2.44 bits per heavy atom. The van der Waals surface area contributed by atoms with Gasteiger partial charge in [-0.05, 0) is 43.3 Å². The van der Waals surface area contributed by atoms with Crippen molar-refractivity contribution >= 4 is 5.97 Å². The number of benzene rings is 2. The van der Waals surface area contributed by atoms with Gasteiger partial charge in [-0.2, -0.15) is 4.98 Å². The van der Waals surface area contributed by atoms with E-state index in [-0.39, 0.29) is 5.75 Å². The Morgan fingerprint density at radius 1 is 1.04 bits per heavy atom. The molecule has 0 amide bonds. The van der Waals surface area contributed by atoms with Gasteiger partial charge < -0.3 is 14.6 Å². The second kappa shape index (κ2) is 7.00. The number of hydrogen-bond donors (Lipinski definition) is 1. The summed E-state index contributed by atoms with van der Waals surface area (Å²) < 4.78 is 10.4. The summed E-state index contributed by atoms with van der Waals surface area (Å²) in [6, 6.07) is 15.1. The second-order valence-electron chi connectivity index (χ2n) is 5.31. The molecular formula is C19H16N2O4. The fourth-order valence-corrected chi connectivity index (χ4v) is 2.27. The van der Waals surface area contributed by atoms with Crippen molar-refractivity contribution in [1.29, 1.82) is 0 Å². The quantitative estimate of drug-likeness (QED) is 0.731. The molecule has 0 aliphatic carbocycles. The van der Waals surface area contributed by atoms with Gasteiger partial charge in [-0.3, -0.25) is 0 Å². The van der Waals surface area contributed by atoms with Gasteiger partial charge in [0.1, 0.15) is 11.5 Å². The van der Waals surface area contributed by atoms with Crippen LogP contribution >= 0.6 is 0 Å². The highest BCUT2D eigenvalue weighted by molar-refractivity contribution is 5.89. The number of esters is 1. The van der Waals surface area contributed by atoms with E-state index in [4.69, 9.17) is 4.74 Å². The van der Waals surface area contributed by atoms with Gasteiger partial charge in [0, 0.05) is 11.8 Å². The lowest BCUT2D eigenvalue weighted by Crippen LogP contribution is -2.00. The molecule has 0 saturated carbocycles. The number of aromatic hydroxyl groups is 1. The topological polar surface area (TPSA) is 81.5 Å². The van der Waals surface area contributed by atoms with E-state index in [1.807, 2.05) is 6.92 Å². The average Bonchev–Trinajstić information content (AvgIpc) is 2.61. The normalized spacial score (nSPS) is 10.3. The van der Waals surface area contributed by atoms with Crippen LogP contribution in [0.2, 0.25) is 0 Å². The van der Waals surface area contributed by atoms with Gasteiger partial charge >= 0.3 is 5.97 Å². The summed E-state index contributed by atoms with van der Waals surface area (Å²) in [5.74, 6) is 0.928. The molecule has 1 heterocycles. The lowest BCUT2D eigenvalue weighted by molar-refractivity contribution is 0.0600. The molecular weight excluding hydrogens is 320 g/mol. The number of nitrogens with zero attached hydrogens (tertiary/aromatic N) is 2. The van der Waals surface area contributed by atoms with Gasteiger partial charge in [-0.1, -0.05) is 12.1 Å². The molecule has 0 aliphatic rings. The van der Waals surface area contributed by atoms with Crippen LogP contribution in [0.25, 0.3) is 11.4 Å². The van der Waals surface area contributed by atoms with Crippen LogP contribution in [0, 0.1) is 6.92 Å². The number of hydrogen-bond acceptors (Lipinski definition) is 6. The minimum absolute atomic E-state index is 0.0986. The number of phenolic OH excluding ortho intramolecular Hbond substituents is 1. The molecule has 6 nitrogen and oxygen atoms in total. The van der Waals surface area contributed by atoms with Gasteiger partial charge in [0.15, 0.2) is 5.82 Å². The SMILES string of the molecule is COC(=O)c1ccc(Oc2cc(C)nc(-c3ccccc3O)n2)cc1. The van der Waals surface area contributed by atoms with Crippen molar-refractivity contribution in [1.82, 2.24) is 9.97 Å². The van der Waals surface area contributed by atoms with E-state index in [1.165, 1.54) is 7.11 Å². The van der Waals surface area contributed by atoms with Gasteiger partial charge in [-0.25, -0.2) is 9.78 Å². The Morgan fingerprint density at radius 2 is 1.76 bits per heavy atom. The first-order valence-electron chi connectivity index (χ1n) is 7.57. The average molecular weight is 336 g/mol. The Labute approximate surface area is 144 Å². The van der Waals surface area contributed by atoms with Gasteiger partial charge in [0.25, 0.3) is 0 Å². The largest absolute Gasteiger partial charge is 0.507 e. The predicted octanol–water partition coefficient (Wildman–Crippen LogP) is 3.74. The molecule has 0 unspecified atom stereocenters. The van der Waals surface area contributed by atoms with Crippen molar-refractivity contribution in [2.24, 2.45) is 0 Å². The zero-order chi connectivity index (χ0) is 17.8. The van der Waals surface area contributed by atoms with Crippen LogP contribution in [0.15, 0.2) is 54.6 Å². The maximum absolute atomic E-state index is 11.5. The summed E-state index contributed by atoms with van der Waals surface area (Å²) in [5.41, 5.74) is 1.66. The smallest absolute Gasteiger partial charge is 0.337 e. The van der Waals surface area contributed by atoms with E-state index < -0.39 is 5.97 Å². The Hall–Kier alpha value is -3.41. The highest BCUT2D eigenvalue weighted by Crippen LogP contribution is 2.28. The molecule has 2 aromatic carbocycles. The molecule has 126 valence electrons. The zero-order valence-electron chi connectivity index (χ0n) is 13.8. The summed E-state index contributed by atoms with van der Waals surface area (Å²) in [6.07, 6.45) is 0. The minimum Gasteiger partial charge on any atom is -0.507 e. The van der Waals surface area contributed by atoms with Crippen LogP contribution in [0.5, 0.6) is 17.4 Å². The fourth-order valence-electron chi connectivity index (χ4n) is 2.27. The third-order valence-electron chi connectivity index (χ3n) is 3.47. The maximum Gasteiger partial charge on any atom is 0.337 e. The van der Waals surface area contributed by atoms with E-state index in [1.54, 1.807) is 54.6 Å². The lowest BCUT2D eigenvalue weighted by Gasteiger charge is -2.09. The van der Waals surface area contributed by atoms with Crippen molar-refractivity contribution < 1.29 is 19.4 Å². The Balaban J connectivity index is 1.88. The summed E-state index contributed by atoms with van der Waals surface area (Å²) in [4.78, 5) is 20.1. The highest BCUT2D eigenvalue weighted by Gasteiger charge is 2.11. The van der Waals surface area contributed by atoms with Crippen molar-refractivity contribution in [2.45, 2.75) is 6.92 Å². The van der Waals surface area contributed by atoms with E-state index in [2.05, 4.69) is 14.7 Å². The van der Waals surface area contributed by atoms with Crippen molar-refractivity contribution in [3.63, 3.8) is 0 Å². The van der Waals surface area contributed by atoms with Crippen LogP contribution in [0.1, 0.15) is 16.1 Å². The first-order valence-corrected chi connectivity index (χ1v) is 7.57. The van der Waals surface area contributed by atoms with E-state index in [0.29, 0.717) is 34.3 Å². The monoisotopic (exact) mass is 336 g/mol. The molecule has 0 spiro atoms. The number of aryl methyl sites for hydroxylation is 1. The second-order valence-corrected chi connectivity index (χ2v) is 5.31. The summed E-state index contributed by atoms with van der Waals surface area (Å²) in [5, 5.41) is 9.98. The molecule has 0 aliphatic heterocycles. The van der Waals surface area contributed by atoms with Gasteiger partial charge in [0.05, 0.1) is 18.2 Å². The number of carbonyl (C=O) groups excluding carboxylic acids is 1. The molecule has 25 heavy (non-hydrogen) atoms. The molecule has 0 fully saturated rings. The molecule has 0 saturated heterocycles. The molecule has 0 radical (unpaired) electrons. The van der Waals surface area contributed by atoms with E-state index in [0.717, 1.165) is 0 Å². The summed E-state index contributed by atoms with van der Waals surface area (Å²) in [7, 11) is 1.33. The number of methoxy groups -OCH3 is 1. The van der Waals surface area contributed by atoms with Gasteiger partial charge in [-0.15, -0.1) is 0 Å². The Bertz CT molecular complexity index is 908. The van der Waals surface area contributed by atoms with E-state index in [9.17, 15) is 9.90 Å².